The molecule has 3 aliphatic heterocycles. The number of hydrogen-bond donors (Lipinski definition) is 0. The lowest BCUT2D eigenvalue weighted by Crippen LogP contribution is -2.67. The lowest BCUT2D eigenvalue weighted by molar-refractivity contribution is -0.184. The number of nitrogens with zero attached hydrogens (tertiary/aromatic N) is 3. The summed E-state index contributed by atoms with van der Waals surface area (Å²) >= 11 is 0. The Balaban J connectivity index is 1.55. The highest BCUT2D eigenvalue weighted by Gasteiger charge is 2.53. The van der Waals surface area contributed by atoms with Gasteiger partial charge in [0.1, 0.15) is 12.7 Å². The minimum absolute atomic E-state index is 0.00180. The van der Waals surface area contributed by atoms with Crippen molar-refractivity contribution in [1.82, 2.24) is 14.7 Å². The van der Waals surface area contributed by atoms with E-state index < -0.39 is 5.54 Å². The van der Waals surface area contributed by atoms with Crippen LogP contribution < -0.4 is 0 Å². The Morgan fingerprint density at radius 3 is 2.65 bits per heavy atom. The van der Waals surface area contributed by atoms with Crippen molar-refractivity contribution < 1.29 is 14.3 Å². The molecule has 6 heteroatoms. The van der Waals surface area contributed by atoms with Gasteiger partial charge >= 0.3 is 0 Å². The largest absolute Gasteiger partial charge is 0.364 e. The number of rotatable bonds is 3. The molecule has 0 aliphatic carbocycles. The maximum Gasteiger partial charge on any atom is 0.249 e. The van der Waals surface area contributed by atoms with Crippen molar-refractivity contribution in [3.8, 4) is 0 Å². The van der Waals surface area contributed by atoms with Gasteiger partial charge in [-0.3, -0.25) is 14.5 Å². The van der Waals surface area contributed by atoms with Gasteiger partial charge in [0.05, 0.1) is 12.1 Å². The van der Waals surface area contributed by atoms with Gasteiger partial charge in [-0.15, -0.1) is 0 Å². The molecule has 1 aromatic carbocycles. The van der Waals surface area contributed by atoms with Crippen LogP contribution in [0.25, 0.3) is 0 Å². The van der Waals surface area contributed by atoms with Gasteiger partial charge in [0.25, 0.3) is 0 Å². The molecule has 26 heavy (non-hydrogen) atoms. The van der Waals surface area contributed by atoms with E-state index in [9.17, 15) is 9.59 Å². The van der Waals surface area contributed by atoms with Crippen LogP contribution in [0, 0.1) is 0 Å². The van der Waals surface area contributed by atoms with E-state index >= 15 is 0 Å². The first-order valence-corrected chi connectivity index (χ1v) is 9.55. The highest BCUT2D eigenvalue weighted by atomic mass is 16.5. The second-order valence-electron chi connectivity index (χ2n) is 7.62. The maximum absolute atomic E-state index is 12.8. The van der Waals surface area contributed by atoms with Crippen LogP contribution in [0.4, 0.5) is 0 Å². The van der Waals surface area contributed by atoms with E-state index in [0.29, 0.717) is 26.1 Å². The average Bonchev–Trinajstić information content (AvgIpc) is 3.18. The van der Waals surface area contributed by atoms with E-state index in [1.54, 1.807) is 0 Å². The summed E-state index contributed by atoms with van der Waals surface area (Å²) in [4.78, 5) is 31.2. The number of morpholine rings is 1. The molecule has 0 bridgehead atoms. The average molecular weight is 357 g/mol. The summed E-state index contributed by atoms with van der Waals surface area (Å²) in [6, 6.07) is 10.1. The Morgan fingerprint density at radius 1 is 1.19 bits per heavy atom. The Morgan fingerprint density at radius 2 is 1.92 bits per heavy atom. The first-order chi connectivity index (χ1) is 12.6. The van der Waals surface area contributed by atoms with Gasteiger partial charge in [-0.2, -0.15) is 0 Å². The number of fused-ring (bicyclic) bond motifs is 1. The molecular weight excluding hydrogens is 330 g/mol. The first-order valence-electron chi connectivity index (χ1n) is 9.55. The molecule has 0 saturated carbocycles. The molecule has 6 nitrogen and oxygen atoms in total. The standard InChI is InChI=1S/C20H27N3O3/c1-21-19(25)15-26-17-13-23(18(24)14-22-10-5-6-11-22)12-9-20(17,21)16-7-3-2-4-8-16/h2-4,7-8,17H,5-6,9-15H2,1H3/t17-,20+/m1/s1. The highest BCUT2D eigenvalue weighted by Crippen LogP contribution is 2.42. The summed E-state index contributed by atoms with van der Waals surface area (Å²) in [6.45, 7) is 3.82. The van der Waals surface area contributed by atoms with Gasteiger partial charge in [0.2, 0.25) is 11.8 Å². The smallest absolute Gasteiger partial charge is 0.249 e. The summed E-state index contributed by atoms with van der Waals surface area (Å²) in [5, 5.41) is 0. The van der Waals surface area contributed by atoms with Crippen molar-refractivity contribution in [1.29, 1.82) is 0 Å². The van der Waals surface area contributed by atoms with Crippen molar-refractivity contribution in [3.05, 3.63) is 35.9 Å². The predicted octanol–water partition coefficient (Wildman–Crippen LogP) is 1.07. The molecule has 1 aromatic rings. The molecule has 3 fully saturated rings. The van der Waals surface area contributed by atoms with Crippen LogP contribution in [-0.4, -0.2) is 79.0 Å². The van der Waals surface area contributed by atoms with E-state index in [2.05, 4.69) is 17.0 Å². The lowest BCUT2D eigenvalue weighted by atomic mass is 9.76. The fourth-order valence-corrected chi connectivity index (χ4v) is 4.68. The summed E-state index contributed by atoms with van der Waals surface area (Å²) in [6.07, 6.45) is 2.88. The Hall–Kier alpha value is -1.92. The Bertz CT molecular complexity index is 674. The van der Waals surface area contributed by atoms with Gasteiger partial charge < -0.3 is 14.5 Å². The minimum atomic E-state index is -0.485. The van der Waals surface area contributed by atoms with Crippen molar-refractivity contribution in [2.75, 3.05) is 46.4 Å². The molecule has 0 radical (unpaired) electrons. The SMILES string of the molecule is CN1C(=O)CO[C@@H]2CN(C(=O)CN3CCCC3)CC[C@]21c1ccccc1. The number of hydrogen-bond acceptors (Lipinski definition) is 4. The number of piperidine rings is 1. The summed E-state index contributed by atoms with van der Waals surface area (Å²) in [5.41, 5.74) is 0.605. The summed E-state index contributed by atoms with van der Waals surface area (Å²) in [7, 11) is 1.87. The zero-order chi connectivity index (χ0) is 18.1. The zero-order valence-electron chi connectivity index (χ0n) is 15.4. The van der Waals surface area contributed by atoms with Crippen LogP contribution in [0.2, 0.25) is 0 Å². The van der Waals surface area contributed by atoms with Crippen LogP contribution in [0.15, 0.2) is 30.3 Å². The van der Waals surface area contributed by atoms with Gasteiger partial charge in [0.15, 0.2) is 0 Å². The van der Waals surface area contributed by atoms with Crippen molar-refractivity contribution in [2.45, 2.75) is 30.9 Å². The monoisotopic (exact) mass is 357 g/mol. The highest BCUT2D eigenvalue weighted by molar-refractivity contribution is 5.80. The number of carbonyl (C=O) groups excluding carboxylic acids is 2. The van der Waals surface area contributed by atoms with E-state index in [1.165, 1.54) is 12.8 Å². The number of ether oxygens (including phenoxy) is 1. The quantitative estimate of drug-likeness (QED) is 0.812. The molecule has 2 atom stereocenters. The van der Waals surface area contributed by atoms with E-state index in [4.69, 9.17) is 4.74 Å². The molecule has 0 aromatic heterocycles. The second-order valence-corrected chi connectivity index (χ2v) is 7.62. The fourth-order valence-electron chi connectivity index (χ4n) is 4.68. The van der Waals surface area contributed by atoms with E-state index in [1.807, 2.05) is 35.0 Å². The van der Waals surface area contributed by atoms with Crippen molar-refractivity contribution in [2.24, 2.45) is 0 Å². The fraction of sp³-hybridized carbons (Fsp3) is 0.600. The van der Waals surface area contributed by atoms with Gasteiger partial charge in [-0.25, -0.2) is 0 Å². The van der Waals surface area contributed by atoms with Crippen LogP contribution in [0.5, 0.6) is 0 Å². The van der Waals surface area contributed by atoms with E-state index in [0.717, 1.165) is 18.7 Å². The molecule has 0 unspecified atom stereocenters. The predicted molar refractivity (Wildman–Crippen MR) is 97.5 cm³/mol. The molecule has 3 heterocycles. The third kappa shape index (κ3) is 2.91. The van der Waals surface area contributed by atoms with Crippen LogP contribution in [0.1, 0.15) is 24.8 Å². The summed E-state index contributed by atoms with van der Waals surface area (Å²) < 4.78 is 5.97. The zero-order valence-corrected chi connectivity index (χ0v) is 15.4. The lowest BCUT2D eigenvalue weighted by Gasteiger charge is -2.54. The Kier molecular flexibility index (Phi) is 4.71. The third-order valence-corrected chi connectivity index (χ3v) is 6.25. The number of likely N-dealkylation sites (N-methyl/N-ethyl adjacent to an activating group) is 1. The minimum Gasteiger partial charge on any atom is -0.364 e. The molecule has 0 N–H and O–H groups in total. The van der Waals surface area contributed by atoms with Crippen molar-refractivity contribution in [3.63, 3.8) is 0 Å². The number of benzene rings is 1. The van der Waals surface area contributed by atoms with Gasteiger partial charge in [-0.1, -0.05) is 30.3 Å². The molecule has 0 spiro atoms. The van der Waals surface area contributed by atoms with E-state index in [-0.39, 0.29) is 24.5 Å². The molecule has 2 amide bonds. The third-order valence-electron chi connectivity index (χ3n) is 6.25. The first kappa shape index (κ1) is 17.5. The maximum atomic E-state index is 12.8. The molecule has 3 aliphatic rings. The van der Waals surface area contributed by atoms with Gasteiger partial charge in [-0.05, 0) is 37.9 Å². The number of amides is 2. The molecule has 3 saturated heterocycles. The number of likely N-dealkylation sites (tertiary alicyclic amines) is 2. The molecular formula is C20H27N3O3. The Labute approximate surface area is 154 Å². The van der Waals surface area contributed by atoms with Gasteiger partial charge in [0, 0.05) is 20.1 Å². The summed E-state index contributed by atoms with van der Waals surface area (Å²) in [5.74, 6) is 0.179. The van der Waals surface area contributed by atoms with Crippen LogP contribution >= 0.6 is 0 Å². The second kappa shape index (κ2) is 7.00. The molecule has 4 rings (SSSR count). The number of carbonyl (C=O) groups is 2. The topological polar surface area (TPSA) is 53.1 Å². The van der Waals surface area contributed by atoms with Crippen LogP contribution in [0.3, 0.4) is 0 Å². The van der Waals surface area contributed by atoms with Crippen LogP contribution in [-0.2, 0) is 19.9 Å². The van der Waals surface area contributed by atoms with Crippen molar-refractivity contribution >= 4 is 11.8 Å². The normalized spacial score (nSPS) is 29.7. The molecule has 140 valence electrons.